The van der Waals surface area contributed by atoms with Gasteiger partial charge in [0.15, 0.2) is 0 Å². The Morgan fingerprint density at radius 3 is 2.40 bits per heavy atom. The van der Waals surface area contributed by atoms with Crippen LogP contribution < -0.4 is 10.1 Å². The summed E-state index contributed by atoms with van der Waals surface area (Å²) in [5.74, 6) is 0.920. The Bertz CT molecular complexity index is 564. The minimum absolute atomic E-state index is 0.212. The average molecular weight is 334 g/mol. The quantitative estimate of drug-likeness (QED) is 0.816. The number of benzene rings is 2. The average Bonchev–Trinajstić information content (AvgIpc) is 2.39. The molecule has 0 bridgehead atoms. The number of aryl methyl sites for hydroxylation is 1. The molecule has 0 amide bonds. The van der Waals surface area contributed by atoms with Gasteiger partial charge in [0.05, 0.1) is 6.10 Å². The van der Waals surface area contributed by atoms with Crippen molar-refractivity contribution in [3.63, 3.8) is 0 Å². The summed E-state index contributed by atoms with van der Waals surface area (Å²) in [6.45, 7) is 6.98. The second-order valence-corrected chi connectivity index (χ2v) is 6.04. The van der Waals surface area contributed by atoms with Gasteiger partial charge in [-0.3, -0.25) is 0 Å². The van der Waals surface area contributed by atoms with Gasteiger partial charge in [0.2, 0.25) is 0 Å². The van der Waals surface area contributed by atoms with Crippen LogP contribution in [0.5, 0.6) is 5.75 Å². The Kier molecular flexibility index (Phi) is 5.07. The van der Waals surface area contributed by atoms with Crippen LogP contribution in [0, 0.1) is 6.92 Å². The zero-order valence-electron chi connectivity index (χ0n) is 12.1. The van der Waals surface area contributed by atoms with Crippen molar-refractivity contribution in [2.75, 3.05) is 5.32 Å². The molecule has 20 heavy (non-hydrogen) atoms. The molecule has 0 aliphatic carbocycles. The van der Waals surface area contributed by atoms with Crippen molar-refractivity contribution in [2.45, 2.75) is 33.4 Å². The molecular formula is C17H20BrNO. The molecule has 106 valence electrons. The van der Waals surface area contributed by atoms with Crippen molar-refractivity contribution in [1.82, 2.24) is 0 Å². The standard InChI is InChI=1S/C17H20BrNO/c1-12(2)20-16-7-4-14(5-8-16)11-19-17-9-6-15(18)10-13(17)3/h4-10,12,19H,11H2,1-3H3. The highest BCUT2D eigenvalue weighted by molar-refractivity contribution is 9.10. The Morgan fingerprint density at radius 1 is 1.10 bits per heavy atom. The molecule has 0 unspecified atom stereocenters. The van der Waals surface area contributed by atoms with Gasteiger partial charge in [-0.05, 0) is 62.2 Å². The summed E-state index contributed by atoms with van der Waals surface area (Å²) in [6, 6.07) is 14.5. The number of halogens is 1. The smallest absolute Gasteiger partial charge is 0.119 e. The number of anilines is 1. The predicted octanol–water partition coefficient (Wildman–Crippen LogP) is 5.16. The highest BCUT2D eigenvalue weighted by Gasteiger charge is 2.01. The second kappa shape index (κ2) is 6.80. The van der Waals surface area contributed by atoms with Gasteiger partial charge in [0.1, 0.15) is 5.75 Å². The van der Waals surface area contributed by atoms with Gasteiger partial charge in [-0.15, -0.1) is 0 Å². The zero-order chi connectivity index (χ0) is 14.5. The first-order chi connectivity index (χ1) is 9.54. The van der Waals surface area contributed by atoms with Gasteiger partial charge >= 0.3 is 0 Å². The summed E-state index contributed by atoms with van der Waals surface area (Å²) in [6.07, 6.45) is 0.212. The number of hydrogen-bond donors (Lipinski definition) is 1. The van der Waals surface area contributed by atoms with Gasteiger partial charge in [0.25, 0.3) is 0 Å². The van der Waals surface area contributed by atoms with Crippen LogP contribution >= 0.6 is 15.9 Å². The summed E-state index contributed by atoms with van der Waals surface area (Å²) in [4.78, 5) is 0. The predicted molar refractivity (Wildman–Crippen MR) is 88.4 cm³/mol. The fraction of sp³-hybridized carbons (Fsp3) is 0.294. The van der Waals surface area contributed by atoms with Crippen LogP contribution in [0.15, 0.2) is 46.9 Å². The Morgan fingerprint density at radius 2 is 1.80 bits per heavy atom. The van der Waals surface area contributed by atoms with E-state index in [0.29, 0.717) is 0 Å². The van der Waals surface area contributed by atoms with Gasteiger partial charge in [-0.25, -0.2) is 0 Å². The van der Waals surface area contributed by atoms with Crippen LogP contribution in [0.1, 0.15) is 25.0 Å². The molecule has 2 nitrogen and oxygen atoms in total. The molecule has 0 atom stereocenters. The van der Waals surface area contributed by atoms with E-state index in [9.17, 15) is 0 Å². The van der Waals surface area contributed by atoms with Crippen LogP contribution in [0.25, 0.3) is 0 Å². The SMILES string of the molecule is Cc1cc(Br)ccc1NCc1ccc(OC(C)C)cc1. The lowest BCUT2D eigenvalue weighted by Crippen LogP contribution is -2.05. The highest BCUT2D eigenvalue weighted by atomic mass is 79.9. The topological polar surface area (TPSA) is 21.3 Å². The van der Waals surface area contributed by atoms with Gasteiger partial charge in [-0.1, -0.05) is 28.1 Å². The fourth-order valence-corrected chi connectivity index (χ4v) is 2.46. The lowest BCUT2D eigenvalue weighted by Gasteiger charge is -2.12. The third kappa shape index (κ3) is 4.27. The molecule has 2 aromatic rings. The van der Waals surface area contributed by atoms with E-state index in [4.69, 9.17) is 4.74 Å². The number of nitrogens with one attached hydrogen (secondary N) is 1. The molecule has 0 saturated carbocycles. The van der Waals surface area contributed by atoms with Crippen LogP contribution in [0.4, 0.5) is 5.69 Å². The molecule has 0 aliphatic rings. The molecule has 3 heteroatoms. The number of ether oxygens (including phenoxy) is 1. The lowest BCUT2D eigenvalue weighted by atomic mass is 10.1. The first kappa shape index (κ1) is 14.9. The molecular weight excluding hydrogens is 314 g/mol. The van der Waals surface area contributed by atoms with Gasteiger partial charge in [-0.2, -0.15) is 0 Å². The maximum absolute atomic E-state index is 5.64. The summed E-state index contributed by atoms with van der Waals surface area (Å²) >= 11 is 3.48. The summed E-state index contributed by atoms with van der Waals surface area (Å²) in [7, 11) is 0. The molecule has 2 aromatic carbocycles. The molecule has 0 aromatic heterocycles. The Balaban J connectivity index is 1.96. The fourth-order valence-electron chi connectivity index (χ4n) is 1.98. The molecule has 0 fully saturated rings. The molecule has 0 spiro atoms. The maximum Gasteiger partial charge on any atom is 0.119 e. The molecule has 2 rings (SSSR count). The molecule has 1 N–H and O–H groups in total. The third-order valence-electron chi connectivity index (χ3n) is 2.97. The molecule has 0 heterocycles. The van der Waals surface area contributed by atoms with E-state index in [1.165, 1.54) is 11.1 Å². The third-order valence-corrected chi connectivity index (χ3v) is 3.46. The van der Waals surface area contributed by atoms with E-state index < -0.39 is 0 Å². The maximum atomic E-state index is 5.64. The lowest BCUT2D eigenvalue weighted by molar-refractivity contribution is 0.242. The molecule has 0 aliphatic heterocycles. The number of rotatable bonds is 5. The summed E-state index contributed by atoms with van der Waals surface area (Å²) < 4.78 is 6.75. The van der Waals surface area contributed by atoms with Crippen molar-refractivity contribution in [2.24, 2.45) is 0 Å². The molecule has 0 radical (unpaired) electrons. The van der Waals surface area contributed by atoms with Crippen LogP contribution in [-0.4, -0.2) is 6.10 Å². The van der Waals surface area contributed by atoms with E-state index in [1.54, 1.807) is 0 Å². The van der Waals surface area contributed by atoms with Crippen molar-refractivity contribution in [1.29, 1.82) is 0 Å². The van der Waals surface area contributed by atoms with Crippen LogP contribution in [0.3, 0.4) is 0 Å². The summed E-state index contributed by atoms with van der Waals surface area (Å²) in [5.41, 5.74) is 3.64. The Hall–Kier alpha value is -1.48. The molecule has 0 saturated heterocycles. The first-order valence-corrected chi connectivity index (χ1v) is 7.59. The van der Waals surface area contributed by atoms with E-state index in [-0.39, 0.29) is 6.10 Å². The van der Waals surface area contributed by atoms with Gasteiger partial charge in [0, 0.05) is 16.7 Å². The zero-order valence-corrected chi connectivity index (χ0v) is 13.7. The van der Waals surface area contributed by atoms with E-state index >= 15 is 0 Å². The van der Waals surface area contributed by atoms with Gasteiger partial charge < -0.3 is 10.1 Å². The van der Waals surface area contributed by atoms with E-state index in [0.717, 1.165) is 22.5 Å². The minimum atomic E-state index is 0.212. The first-order valence-electron chi connectivity index (χ1n) is 6.80. The van der Waals surface area contributed by atoms with Crippen molar-refractivity contribution >= 4 is 21.6 Å². The van der Waals surface area contributed by atoms with Crippen molar-refractivity contribution < 1.29 is 4.74 Å². The van der Waals surface area contributed by atoms with Crippen LogP contribution in [0.2, 0.25) is 0 Å². The highest BCUT2D eigenvalue weighted by Crippen LogP contribution is 2.21. The summed E-state index contributed by atoms with van der Waals surface area (Å²) in [5, 5.41) is 3.46. The van der Waals surface area contributed by atoms with E-state index in [2.05, 4.69) is 58.5 Å². The minimum Gasteiger partial charge on any atom is -0.491 e. The number of hydrogen-bond acceptors (Lipinski definition) is 2. The van der Waals surface area contributed by atoms with Crippen molar-refractivity contribution in [3.8, 4) is 5.75 Å². The largest absolute Gasteiger partial charge is 0.491 e. The monoisotopic (exact) mass is 333 g/mol. The second-order valence-electron chi connectivity index (χ2n) is 5.12. The normalized spacial score (nSPS) is 10.7. The van der Waals surface area contributed by atoms with Crippen molar-refractivity contribution in [3.05, 3.63) is 58.1 Å². The van der Waals surface area contributed by atoms with E-state index in [1.807, 2.05) is 26.0 Å². The van der Waals surface area contributed by atoms with Crippen LogP contribution in [-0.2, 0) is 6.54 Å². The Labute approximate surface area is 129 Å².